The Morgan fingerprint density at radius 3 is 2.21 bits per heavy atom. The molecule has 1 aliphatic rings. The molecule has 1 N–H and O–H groups in total. The van der Waals surface area contributed by atoms with E-state index in [-0.39, 0.29) is 23.7 Å². The fourth-order valence-electron chi connectivity index (χ4n) is 4.49. The van der Waals surface area contributed by atoms with Gasteiger partial charge in [0.1, 0.15) is 11.9 Å². The number of amides is 2. The van der Waals surface area contributed by atoms with Gasteiger partial charge < -0.3 is 15.1 Å². The number of piperazine rings is 1. The highest BCUT2D eigenvalue weighted by Gasteiger charge is 2.33. The van der Waals surface area contributed by atoms with Crippen LogP contribution in [0, 0.1) is 12.7 Å². The van der Waals surface area contributed by atoms with E-state index >= 15 is 4.39 Å². The highest BCUT2D eigenvalue weighted by Crippen LogP contribution is 2.29. The van der Waals surface area contributed by atoms with Gasteiger partial charge in [-0.25, -0.2) is 4.39 Å². The second-order valence-corrected chi connectivity index (χ2v) is 8.28. The number of anilines is 1. The molecule has 178 valence electrons. The second kappa shape index (κ2) is 11.3. The molecule has 1 fully saturated rings. The molecule has 2 aromatic carbocycles. The van der Waals surface area contributed by atoms with E-state index in [1.165, 1.54) is 0 Å². The van der Waals surface area contributed by atoms with Crippen molar-refractivity contribution < 1.29 is 14.0 Å². The Kier molecular flexibility index (Phi) is 8.44. The normalized spacial score (nSPS) is 15.2. The summed E-state index contributed by atoms with van der Waals surface area (Å²) < 4.78 is 15.2. The van der Waals surface area contributed by atoms with Gasteiger partial charge in [0.25, 0.3) is 5.91 Å². The van der Waals surface area contributed by atoms with Gasteiger partial charge in [0.15, 0.2) is 0 Å². The Balaban J connectivity index is 1.79. The van der Waals surface area contributed by atoms with Crippen LogP contribution >= 0.6 is 0 Å². The first-order valence-corrected chi connectivity index (χ1v) is 11.8. The zero-order chi connectivity index (χ0) is 24.0. The minimum Gasteiger partial charge on any atom is -0.367 e. The van der Waals surface area contributed by atoms with Crippen molar-refractivity contribution in [2.45, 2.75) is 33.7 Å². The van der Waals surface area contributed by atoms with Gasteiger partial charge >= 0.3 is 0 Å². The van der Waals surface area contributed by atoms with Gasteiger partial charge in [-0.1, -0.05) is 30.3 Å². The van der Waals surface area contributed by atoms with Crippen LogP contribution in [0.1, 0.15) is 48.3 Å². The minimum atomic E-state index is -0.356. The molecule has 0 radical (unpaired) electrons. The van der Waals surface area contributed by atoms with Crippen LogP contribution in [0.4, 0.5) is 10.1 Å². The SMILES string of the molecule is CCNC(=O)c1ccc(N2CCN(C(C(=O)N(CC)CC)c3ccccc3)CC2)c(F)c1C. The van der Waals surface area contributed by atoms with Gasteiger partial charge in [0.05, 0.1) is 5.69 Å². The number of carbonyl (C=O) groups excluding carboxylic acids is 2. The summed E-state index contributed by atoms with van der Waals surface area (Å²) >= 11 is 0. The van der Waals surface area contributed by atoms with Crippen LogP contribution in [-0.4, -0.2) is 67.4 Å². The number of rotatable bonds is 8. The summed E-state index contributed by atoms with van der Waals surface area (Å²) in [4.78, 5) is 31.6. The first kappa shape index (κ1) is 24.7. The lowest BCUT2D eigenvalue weighted by atomic mass is 10.0. The summed E-state index contributed by atoms with van der Waals surface area (Å²) in [5, 5.41) is 2.73. The molecule has 1 saturated heterocycles. The van der Waals surface area contributed by atoms with Gasteiger partial charge in [-0.3, -0.25) is 14.5 Å². The summed E-state index contributed by atoms with van der Waals surface area (Å²) in [6.45, 7) is 11.8. The molecule has 1 heterocycles. The number of carbonyl (C=O) groups is 2. The van der Waals surface area contributed by atoms with E-state index in [4.69, 9.17) is 0 Å². The molecule has 1 unspecified atom stereocenters. The summed E-state index contributed by atoms with van der Waals surface area (Å²) in [5.74, 6) is -0.509. The Bertz CT molecular complexity index is 954. The second-order valence-electron chi connectivity index (χ2n) is 8.28. The number of likely N-dealkylation sites (N-methyl/N-ethyl adjacent to an activating group) is 1. The highest BCUT2D eigenvalue weighted by molar-refractivity contribution is 5.96. The summed E-state index contributed by atoms with van der Waals surface area (Å²) in [6.07, 6.45) is 0. The van der Waals surface area contributed by atoms with E-state index in [0.717, 1.165) is 5.56 Å². The van der Waals surface area contributed by atoms with Gasteiger partial charge in [-0.05, 0) is 51.0 Å². The van der Waals surface area contributed by atoms with E-state index in [1.54, 1.807) is 19.1 Å². The topological polar surface area (TPSA) is 55.9 Å². The van der Waals surface area contributed by atoms with Crippen LogP contribution in [-0.2, 0) is 4.79 Å². The molecule has 2 amide bonds. The van der Waals surface area contributed by atoms with Crippen molar-refractivity contribution >= 4 is 17.5 Å². The van der Waals surface area contributed by atoms with Crippen molar-refractivity contribution in [2.24, 2.45) is 0 Å². The minimum absolute atomic E-state index is 0.105. The van der Waals surface area contributed by atoms with Crippen LogP contribution in [0.15, 0.2) is 42.5 Å². The third kappa shape index (κ3) is 5.36. The molecule has 33 heavy (non-hydrogen) atoms. The van der Waals surface area contributed by atoms with Crippen molar-refractivity contribution in [1.82, 2.24) is 15.1 Å². The predicted octanol–water partition coefficient (Wildman–Crippen LogP) is 3.62. The number of nitrogens with zero attached hydrogens (tertiary/aromatic N) is 3. The number of nitrogens with one attached hydrogen (secondary N) is 1. The molecule has 7 heteroatoms. The van der Waals surface area contributed by atoms with Crippen LogP contribution in [0.3, 0.4) is 0 Å². The molecule has 0 aliphatic carbocycles. The monoisotopic (exact) mass is 454 g/mol. The van der Waals surface area contributed by atoms with Crippen molar-refractivity contribution in [3.05, 3.63) is 65.0 Å². The molecule has 2 aromatic rings. The average molecular weight is 455 g/mol. The van der Waals surface area contributed by atoms with Crippen molar-refractivity contribution in [3.8, 4) is 0 Å². The van der Waals surface area contributed by atoms with E-state index in [9.17, 15) is 9.59 Å². The molecule has 0 aromatic heterocycles. The van der Waals surface area contributed by atoms with Crippen LogP contribution in [0.5, 0.6) is 0 Å². The number of hydrogen-bond donors (Lipinski definition) is 1. The lowest BCUT2D eigenvalue weighted by Gasteiger charge is -2.41. The third-order valence-electron chi connectivity index (χ3n) is 6.39. The van der Waals surface area contributed by atoms with Crippen LogP contribution < -0.4 is 10.2 Å². The number of hydrogen-bond acceptors (Lipinski definition) is 4. The van der Waals surface area contributed by atoms with E-state index in [0.29, 0.717) is 62.6 Å². The third-order valence-corrected chi connectivity index (χ3v) is 6.39. The maximum absolute atomic E-state index is 15.2. The average Bonchev–Trinajstić information content (AvgIpc) is 2.83. The highest BCUT2D eigenvalue weighted by atomic mass is 19.1. The van der Waals surface area contributed by atoms with E-state index in [2.05, 4.69) is 10.2 Å². The first-order chi connectivity index (χ1) is 15.9. The molecule has 1 atom stereocenters. The standard InChI is InChI=1S/C26H35FN4O2/c1-5-28-25(32)21-13-14-22(23(27)19(21)4)30-15-17-31(18-16-30)24(20-11-9-8-10-12-20)26(33)29(6-2)7-3/h8-14,24H,5-7,15-18H2,1-4H3,(H,28,32). The zero-order valence-corrected chi connectivity index (χ0v) is 20.1. The molecule has 0 saturated carbocycles. The van der Waals surface area contributed by atoms with Crippen molar-refractivity contribution in [3.63, 3.8) is 0 Å². The molecule has 0 spiro atoms. The Hall–Kier alpha value is -2.93. The predicted molar refractivity (Wildman–Crippen MR) is 130 cm³/mol. The lowest BCUT2D eigenvalue weighted by molar-refractivity contribution is -0.137. The summed E-state index contributed by atoms with van der Waals surface area (Å²) in [6, 6.07) is 12.9. The summed E-state index contributed by atoms with van der Waals surface area (Å²) in [5.41, 5.74) is 2.22. The Morgan fingerprint density at radius 2 is 1.64 bits per heavy atom. The fourth-order valence-corrected chi connectivity index (χ4v) is 4.49. The Labute approximate surface area is 196 Å². The van der Waals surface area contributed by atoms with E-state index in [1.807, 2.05) is 60.9 Å². The van der Waals surface area contributed by atoms with Gasteiger partial charge in [-0.2, -0.15) is 0 Å². The number of benzene rings is 2. The quantitative estimate of drug-likeness (QED) is 0.662. The zero-order valence-electron chi connectivity index (χ0n) is 20.1. The Morgan fingerprint density at radius 1 is 1.00 bits per heavy atom. The fraction of sp³-hybridized carbons (Fsp3) is 0.462. The van der Waals surface area contributed by atoms with Gasteiger partial charge in [0.2, 0.25) is 5.91 Å². The summed E-state index contributed by atoms with van der Waals surface area (Å²) in [7, 11) is 0. The molecule has 1 aliphatic heterocycles. The molecular weight excluding hydrogens is 419 g/mol. The first-order valence-electron chi connectivity index (χ1n) is 11.8. The van der Waals surface area contributed by atoms with E-state index < -0.39 is 0 Å². The van der Waals surface area contributed by atoms with Gasteiger partial charge in [-0.15, -0.1) is 0 Å². The van der Waals surface area contributed by atoms with Crippen molar-refractivity contribution in [1.29, 1.82) is 0 Å². The van der Waals surface area contributed by atoms with Gasteiger partial charge in [0, 0.05) is 51.4 Å². The molecule has 3 rings (SSSR count). The lowest BCUT2D eigenvalue weighted by Crippen LogP contribution is -2.52. The largest absolute Gasteiger partial charge is 0.367 e. The molecule has 6 nitrogen and oxygen atoms in total. The maximum atomic E-state index is 15.2. The van der Waals surface area contributed by atoms with Crippen LogP contribution in [0.25, 0.3) is 0 Å². The van der Waals surface area contributed by atoms with Crippen molar-refractivity contribution in [2.75, 3.05) is 50.7 Å². The molecule has 0 bridgehead atoms. The number of halogens is 1. The smallest absolute Gasteiger partial charge is 0.251 e. The maximum Gasteiger partial charge on any atom is 0.251 e. The van der Waals surface area contributed by atoms with Crippen LogP contribution in [0.2, 0.25) is 0 Å². The molecular formula is C26H35FN4O2.